The van der Waals surface area contributed by atoms with Gasteiger partial charge in [-0.2, -0.15) is 0 Å². The number of fused-ring (bicyclic) bond motifs is 1. The minimum Gasteiger partial charge on any atom is -0.463 e. The number of hydrogen-bond donors (Lipinski definition) is 0. The second-order valence-corrected chi connectivity index (χ2v) is 8.86. The first-order chi connectivity index (χ1) is 12.5. The fourth-order valence-electron chi connectivity index (χ4n) is 3.61. The van der Waals surface area contributed by atoms with Gasteiger partial charge in [-0.1, -0.05) is 46.8 Å². The Morgan fingerprint density at radius 1 is 1.00 bits per heavy atom. The number of carbonyl (C=O) groups excluding carboxylic acids is 1. The van der Waals surface area contributed by atoms with Gasteiger partial charge in [0, 0.05) is 6.42 Å². The van der Waals surface area contributed by atoms with Crippen LogP contribution in [0.5, 0.6) is 0 Å². The van der Waals surface area contributed by atoms with Gasteiger partial charge in [0.2, 0.25) is 5.76 Å². The van der Waals surface area contributed by atoms with Crippen LogP contribution >= 0.6 is 0 Å². The molecule has 3 heteroatoms. The van der Waals surface area contributed by atoms with E-state index in [-0.39, 0.29) is 5.76 Å². The van der Waals surface area contributed by atoms with E-state index in [0.717, 1.165) is 12.2 Å². The number of rotatable bonds is 2. The van der Waals surface area contributed by atoms with Crippen molar-refractivity contribution < 1.29 is 13.9 Å². The summed E-state index contributed by atoms with van der Waals surface area (Å²) >= 11 is 0. The molecule has 1 aromatic carbocycles. The molecule has 0 N–H and O–H groups in total. The molecule has 0 fully saturated rings. The van der Waals surface area contributed by atoms with E-state index in [2.05, 4.69) is 58.4 Å². The summed E-state index contributed by atoms with van der Waals surface area (Å²) in [5, 5.41) is 0. The summed E-state index contributed by atoms with van der Waals surface area (Å²) < 4.78 is 9.57. The van der Waals surface area contributed by atoms with E-state index in [4.69, 9.17) is 4.42 Å². The molecule has 1 aliphatic rings. The maximum absolute atomic E-state index is 10.8. The molecule has 0 aliphatic heterocycles. The van der Waals surface area contributed by atoms with Crippen molar-refractivity contribution in [2.45, 2.75) is 78.6 Å². The number of methoxy groups -OCH3 is 1. The molecule has 3 nitrogen and oxygen atoms in total. The second kappa shape index (κ2) is 7.92. The van der Waals surface area contributed by atoms with Gasteiger partial charge in [0.25, 0.3) is 0 Å². The maximum atomic E-state index is 10.8. The molecule has 27 heavy (non-hydrogen) atoms. The molecule has 3 rings (SSSR count). The van der Waals surface area contributed by atoms with Crippen molar-refractivity contribution >= 4 is 5.97 Å². The van der Waals surface area contributed by atoms with Crippen LogP contribution in [0.2, 0.25) is 0 Å². The average Bonchev–Trinajstić information content (AvgIpc) is 3.10. The molecule has 1 aliphatic carbocycles. The van der Waals surface area contributed by atoms with Crippen LogP contribution < -0.4 is 0 Å². The number of hydrogen-bond acceptors (Lipinski definition) is 3. The summed E-state index contributed by atoms with van der Waals surface area (Å²) in [4.78, 5) is 10.8. The van der Waals surface area contributed by atoms with Gasteiger partial charge in [-0.15, -0.1) is 0 Å². The zero-order valence-electron chi connectivity index (χ0n) is 18.2. The van der Waals surface area contributed by atoms with Crippen LogP contribution in [0.1, 0.15) is 86.0 Å². The number of esters is 1. The van der Waals surface area contributed by atoms with Gasteiger partial charge in [-0.3, -0.25) is 0 Å². The maximum Gasteiger partial charge on any atom is 0.373 e. The zero-order valence-corrected chi connectivity index (χ0v) is 18.2. The Labute approximate surface area is 164 Å². The van der Waals surface area contributed by atoms with E-state index in [1.54, 1.807) is 23.3 Å². The number of ether oxygens (including phenoxy) is 1. The Morgan fingerprint density at radius 2 is 1.48 bits per heavy atom. The minimum atomic E-state index is -0.426. The highest BCUT2D eigenvalue weighted by Gasteiger charge is 2.37. The Hall–Kier alpha value is -2.03. The van der Waals surface area contributed by atoms with Crippen LogP contribution in [0.4, 0.5) is 0 Å². The van der Waals surface area contributed by atoms with Crippen LogP contribution in [0, 0.1) is 13.8 Å². The van der Waals surface area contributed by atoms with Gasteiger partial charge in [0.15, 0.2) is 0 Å². The summed E-state index contributed by atoms with van der Waals surface area (Å²) in [7, 11) is 1.33. The molecule has 2 aromatic rings. The topological polar surface area (TPSA) is 39.4 Å². The number of benzene rings is 1. The van der Waals surface area contributed by atoms with Gasteiger partial charge in [-0.05, 0) is 71.9 Å². The Balaban J connectivity index is 0.000000208. The zero-order chi connectivity index (χ0) is 20.4. The van der Waals surface area contributed by atoms with E-state index in [1.807, 2.05) is 6.92 Å². The van der Waals surface area contributed by atoms with Crippen molar-refractivity contribution in [3.05, 3.63) is 58.0 Å². The lowest BCUT2D eigenvalue weighted by molar-refractivity contribution is 0.0563. The van der Waals surface area contributed by atoms with Gasteiger partial charge in [0.05, 0.1) is 7.11 Å². The first-order valence-electron chi connectivity index (χ1n) is 9.81. The molecule has 0 saturated carbocycles. The summed E-state index contributed by atoms with van der Waals surface area (Å²) in [6.45, 7) is 16.0. The molecule has 148 valence electrons. The van der Waals surface area contributed by atoms with E-state index in [9.17, 15) is 4.79 Å². The lowest BCUT2D eigenvalue weighted by Gasteiger charge is -2.42. The van der Waals surface area contributed by atoms with Crippen molar-refractivity contribution in [1.82, 2.24) is 0 Å². The van der Waals surface area contributed by atoms with Gasteiger partial charge in [0.1, 0.15) is 5.76 Å². The lowest BCUT2D eigenvalue weighted by Crippen LogP contribution is -2.34. The molecule has 0 amide bonds. The van der Waals surface area contributed by atoms with Crippen LogP contribution in [0.25, 0.3) is 0 Å². The summed E-state index contributed by atoms with van der Waals surface area (Å²) in [6.07, 6.45) is 3.39. The fraction of sp³-hybridized carbons (Fsp3) is 0.542. The van der Waals surface area contributed by atoms with Gasteiger partial charge >= 0.3 is 5.97 Å². The monoisotopic (exact) mass is 370 g/mol. The predicted octanol–water partition coefficient (Wildman–Crippen LogP) is 6.28. The number of furan rings is 1. The van der Waals surface area contributed by atoms with Crippen molar-refractivity contribution in [1.29, 1.82) is 0 Å². The molecule has 1 heterocycles. The lowest BCUT2D eigenvalue weighted by atomic mass is 9.62. The van der Waals surface area contributed by atoms with Crippen molar-refractivity contribution in [3.8, 4) is 0 Å². The van der Waals surface area contributed by atoms with Crippen LogP contribution in [-0.2, 0) is 22.0 Å². The first kappa shape index (κ1) is 21.3. The standard InChI is InChI=1S/C16H24.C8H10O3/c1-11-9-13-14(10-12(11)2)16(5,6)8-7-15(13,3)4;1-3-6-4-5-7(11-6)8(9)10-2/h9-10H,7-8H2,1-6H3;4-5H,3H2,1-2H3. The highest BCUT2D eigenvalue weighted by molar-refractivity contribution is 5.86. The largest absolute Gasteiger partial charge is 0.463 e. The Bertz CT molecular complexity index is 768. The third kappa shape index (κ3) is 4.63. The molecular weight excluding hydrogens is 336 g/mol. The summed E-state index contributed by atoms with van der Waals surface area (Å²) in [5.74, 6) is 0.638. The average molecular weight is 371 g/mol. The third-order valence-electron chi connectivity index (χ3n) is 5.86. The molecule has 0 saturated heterocycles. The molecule has 0 spiro atoms. The predicted molar refractivity (Wildman–Crippen MR) is 111 cm³/mol. The SMILES string of the molecule is CCc1ccc(C(=O)OC)o1.Cc1cc2c(cc1C)C(C)(C)CCC2(C)C. The van der Waals surface area contributed by atoms with Crippen LogP contribution in [0.3, 0.4) is 0 Å². The highest BCUT2D eigenvalue weighted by Crippen LogP contribution is 2.46. The minimum absolute atomic E-state index is 0.268. The smallest absolute Gasteiger partial charge is 0.373 e. The highest BCUT2D eigenvalue weighted by atomic mass is 16.5. The molecule has 0 atom stereocenters. The van der Waals surface area contributed by atoms with E-state index >= 15 is 0 Å². The van der Waals surface area contributed by atoms with Gasteiger partial charge in [-0.25, -0.2) is 4.79 Å². The third-order valence-corrected chi connectivity index (χ3v) is 5.86. The molecule has 0 radical (unpaired) electrons. The van der Waals surface area contributed by atoms with Crippen LogP contribution in [0.15, 0.2) is 28.7 Å². The molecule has 0 bridgehead atoms. The van der Waals surface area contributed by atoms with E-state index in [0.29, 0.717) is 10.8 Å². The fourth-order valence-corrected chi connectivity index (χ4v) is 3.61. The molecular formula is C24H34O3. The Morgan fingerprint density at radius 3 is 1.85 bits per heavy atom. The summed E-state index contributed by atoms with van der Waals surface area (Å²) in [5.41, 5.74) is 6.72. The van der Waals surface area contributed by atoms with Crippen molar-refractivity contribution in [2.75, 3.05) is 7.11 Å². The Kier molecular flexibility index (Phi) is 6.24. The van der Waals surface area contributed by atoms with E-state index < -0.39 is 5.97 Å². The van der Waals surface area contributed by atoms with Crippen molar-refractivity contribution in [2.24, 2.45) is 0 Å². The number of carbonyl (C=O) groups is 1. The first-order valence-corrected chi connectivity index (χ1v) is 9.81. The summed E-state index contributed by atoms with van der Waals surface area (Å²) in [6, 6.07) is 8.23. The quantitative estimate of drug-likeness (QED) is 0.584. The van der Waals surface area contributed by atoms with Gasteiger partial charge < -0.3 is 9.15 Å². The second-order valence-electron chi connectivity index (χ2n) is 8.86. The normalized spacial score (nSPS) is 16.7. The molecule has 0 unspecified atom stereocenters. The number of aryl methyl sites for hydroxylation is 3. The van der Waals surface area contributed by atoms with E-state index in [1.165, 1.54) is 31.1 Å². The molecule has 1 aromatic heterocycles. The van der Waals surface area contributed by atoms with Crippen LogP contribution in [-0.4, -0.2) is 13.1 Å². The van der Waals surface area contributed by atoms with Crippen molar-refractivity contribution in [3.63, 3.8) is 0 Å².